The van der Waals surface area contributed by atoms with Gasteiger partial charge in [-0.15, -0.1) is 0 Å². The molecule has 0 saturated carbocycles. The average Bonchev–Trinajstić information content (AvgIpc) is 3.24. The highest BCUT2D eigenvalue weighted by Crippen LogP contribution is 2.24. The standard InChI is InChI=1S/C12H24O2.C11H24N2O.C11H21NO2.C11H23NO.C10H18O2/c1-9(2)12-7-5-6-11(14-12)8-13-10(3)4;1-9(2)11(14)13(6)8-7-12(5)10(3)4;1-8(2)7-12-11(14)6-5-10(13)9(3)4;1-9(2)11(13)7-6-8-12(5)10(3)4;1-7(2)9(11)5-6-10(12)8(3)4/h9-12H,5-8H2,1-4H3;9-10H,7-8H2,1-6H3;8-9H,5-7H2,1-4H3,(H,12,14);9-10H,6-8H2,1-5H3;7-8H,5-6H2,1-4H3. The minimum Gasteiger partial charge on any atom is -0.376 e. The Morgan fingerprint density at radius 1 is 0.537 bits per heavy atom. The predicted molar refractivity (Wildman–Crippen MR) is 281 cm³/mol. The zero-order valence-corrected chi connectivity index (χ0v) is 47.9. The van der Waals surface area contributed by atoms with E-state index in [0.29, 0.717) is 80.2 Å². The molecule has 0 aromatic rings. The lowest BCUT2D eigenvalue weighted by Crippen LogP contribution is -2.38. The number of likely N-dealkylation sites (N-methyl/N-ethyl adjacent to an activating group) is 2. The molecule has 1 fully saturated rings. The van der Waals surface area contributed by atoms with E-state index < -0.39 is 0 Å². The monoisotopic (exact) mass is 955 g/mol. The first-order chi connectivity index (χ1) is 30.8. The van der Waals surface area contributed by atoms with Crippen molar-refractivity contribution >= 4 is 34.9 Å². The van der Waals surface area contributed by atoms with Crippen LogP contribution in [0.5, 0.6) is 0 Å². The summed E-state index contributed by atoms with van der Waals surface area (Å²) in [5, 5.41) is 2.79. The molecular weight excluding hydrogens is 845 g/mol. The van der Waals surface area contributed by atoms with Crippen LogP contribution in [0, 0.1) is 41.4 Å². The van der Waals surface area contributed by atoms with Gasteiger partial charge < -0.3 is 29.5 Å². The van der Waals surface area contributed by atoms with Gasteiger partial charge in [-0.3, -0.25) is 28.8 Å². The molecule has 1 aliphatic heterocycles. The Bertz CT molecular complexity index is 1290. The van der Waals surface area contributed by atoms with E-state index in [4.69, 9.17) is 9.47 Å². The third-order valence-electron chi connectivity index (χ3n) is 11.6. The number of carbonyl (C=O) groups is 6. The second-order valence-electron chi connectivity index (χ2n) is 21.7. The Hall–Kier alpha value is -2.54. The van der Waals surface area contributed by atoms with Crippen LogP contribution in [0.1, 0.15) is 196 Å². The lowest BCUT2D eigenvalue weighted by molar-refractivity contribution is -0.133. The van der Waals surface area contributed by atoms with Gasteiger partial charge in [0.15, 0.2) is 0 Å². The highest BCUT2D eigenvalue weighted by atomic mass is 16.5. The van der Waals surface area contributed by atoms with Gasteiger partial charge >= 0.3 is 0 Å². The van der Waals surface area contributed by atoms with Crippen LogP contribution in [0.4, 0.5) is 0 Å². The van der Waals surface area contributed by atoms with Crippen molar-refractivity contribution in [2.24, 2.45) is 41.4 Å². The predicted octanol–water partition coefficient (Wildman–Crippen LogP) is 10.8. The molecule has 1 rings (SSSR count). The van der Waals surface area contributed by atoms with E-state index >= 15 is 0 Å². The van der Waals surface area contributed by atoms with Crippen LogP contribution < -0.4 is 5.32 Å². The molecule has 2 unspecified atom stereocenters. The second kappa shape index (κ2) is 41.3. The van der Waals surface area contributed by atoms with Crippen LogP contribution >= 0.6 is 0 Å². The van der Waals surface area contributed by atoms with Gasteiger partial charge in [0.05, 0.1) is 24.9 Å². The van der Waals surface area contributed by atoms with Crippen LogP contribution in [0.2, 0.25) is 0 Å². The van der Waals surface area contributed by atoms with Crippen LogP contribution in [-0.2, 0) is 38.2 Å². The first-order valence-corrected chi connectivity index (χ1v) is 26.1. The summed E-state index contributed by atoms with van der Waals surface area (Å²) in [5.74, 6) is 2.66. The summed E-state index contributed by atoms with van der Waals surface area (Å²) < 4.78 is 11.6. The Labute approximate surface area is 413 Å². The molecule has 0 radical (unpaired) electrons. The molecule has 398 valence electrons. The van der Waals surface area contributed by atoms with Gasteiger partial charge in [0.1, 0.15) is 23.1 Å². The molecule has 12 heteroatoms. The number of ketones is 4. The number of Topliss-reactive ketones (excluding diaryl/α,β-unsaturated/α-hetero) is 4. The average molecular weight is 956 g/mol. The summed E-state index contributed by atoms with van der Waals surface area (Å²) in [5.41, 5.74) is 0. The molecule has 1 saturated heterocycles. The molecule has 0 aromatic heterocycles. The van der Waals surface area contributed by atoms with E-state index in [9.17, 15) is 28.8 Å². The summed E-state index contributed by atoms with van der Waals surface area (Å²) >= 11 is 0. The largest absolute Gasteiger partial charge is 0.376 e. The van der Waals surface area contributed by atoms with Crippen molar-refractivity contribution in [3.8, 4) is 0 Å². The van der Waals surface area contributed by atoms with Gasteiger partial charge in [-0.2, -0.15) is 0 Å². The zero-order valence-electron chi connectivity index (χ0n) is 47.9. The van der Waals surface area contributed by atoms with E-state index in [1.807, 2.05) is 95.0 Å². The molecule has 2 atom stereocenters. The molecule has 0 bridgehead atoms. The molecule has 0 aliphatic carbocycles. The third kappa shape index (κ3) is 43.2. The summed E-state index contributed by atoms with van der Waals surface area (Å²) in [6.07, 6.45) is 8.00. The molecule has 0 aromatic carbocycles. The molecule has 1 heterocycles. The second-order valence-corrected chi connectivity index (χ2v) is 21.7. The van der Waals surface area contributed by atoms with Crippen molar-refractivity contribution in [2.45, 2.75) is 227 Å². The number of amides is 2. The van der Waals surface area contributed by atoms with Gasteiger partial charge in [0, 0.05) is 100 Å². The summed E-state index contributed by atoms with van der Waals surface area (Å²) in [4.78, 5) is 73.8. The van der Waals surface area contributed by atoms with Gasteiger partial charge in [-0.05, 0) is 99.7 Å². The maximum absolute atomic E-state index is 11.5. The lowest BCUT2D eigenvalue weighted by Gasteiger charge is -2.32. The highest BCUT2D eigenvalue weighted by molar-refractivity contribution is 5.87. The Kier molecular flexibility index (Phi) is 43.7. The first-order valence-electron chi connectivity index (χ1n) is 26.1. The third-order valence-corrected chi connectivity index (χ3v) is 11.6. The molecule has 1 N–H and O–H groups in total. The van der Waals surface area contributed by atoms with Gasteiger partial charge in [-0.25, -0.2) is 0 Å². The fourth-order valence-corrected chi connectivity index (χ4v) is 5.76. The summed E-state index contributed by atoms with van der Waals surface area (Å²) in [7, 11) is 6.05. The molecule has 1 aliphatic rings. The van der Waals surface area contributed by atoms with Crippen LogP contribution in [0.15, 0.2) is 0 Å². The van der Waals surface area contributed by atoms with E-state index in [2.05, 4.69) is 84.6 Å². The topological polar surface area (TPSA) is 143 Å². The van der Waals surface area contributed by atoms with Crippen molar-refractivity contribution < 1.29 is 38.2 Å². The van der Waals surface area contributed by atoms with Crippen LogP contribution in [-0.4, -0.2) is 134 Å². The van der Waals surface area contributed by atoms with E-state index in [0.717, 1.165) is 45.5 Å². The molecule has 67 heavy (non-hydrogen) atoms. The zero-order chi connectivity index (χ0) is 53.1. The van der Waals surface area contributed by atoms with Gasteiger partial charge in [0.25, 0.3) is 0 Å². The molecular formula is C55H110N4O8. The summed E-state index contributed by atoms with van der Waals surface area (Å²) in [6, 6.07) is 1.12. The first kappa shape index (κ1) is 71.0. The number of nitrogens with one attached hydrogen (secondary N) is 1. The van der Waals surface area contributed by atoms with Crippen molar-refractivity contribution in [3.63, 3.8) is 0 Å². The Morgan fingerprint density at radius 3 is 1.33 bits per heavy atom. The Balaban J connectivity index is -0.000000371. The maximum Gasteiger partial charge on any atom is 0.224 e. The Morgan fingerprint density at radius 2 is 0.955 bits per heavy atom. The van der Waals surface area contributed by atoms with Crippen molar-refractivity contribution in [1.82, 2.24) is 20.0 Å². The molecule has 2 amide bonds. The smallest absolute Gasteiger partial charge is 0.224 e. The van der Waals surface area contributed by atoms with Crippen molar-refractivity contribution in [2.75, 3.05) is 53.9 Å². The van der Waals surface area contributed by atoms with E-state index in [1.165, 1.54) is 12.8 Å². The quantitative estimate of drug-likeness (QED) is 0.0890. The SMILES string of the molecule is CC(C)C(=O)CCC(=O)C(C)C.CC(C)C(=O)CCCN(C)C(C)C.CC(C)C(=O)N(C)CCN(C)C(C)C.CC(C)CNC(=O)CCC(=O)C(C)C.CC(C)OCC1CCCC(C(C)C)O1. The maximum atomic E-state index is 11.5. The van der Waals surface area contributed by atoms with Gasteiger partial charge in [0.2, 0.25) is 11.8 Å². The number of rotatable bonds is 26. The normalized spacial score (nSPS) is 14.9. The number of nitrogens with zero attached hydrogens (tertiary/aromatic N) is 3. The number of ether oxygens (including phenoxy) is 2. The summed E-state index contributed by atoms with van der Waals surface area (Å²) in [6.45, 7) is 44.5. The fourth-order valence-electron chi connectivity index (χ4n) is 5.76. The minimum absolute atomic E-state index is 0.0206. The van der Waals surface area contributed by atoms with Crippen LogP contribution in [0.25, 0.3) is 0 Å². The van der Waals surface area contributed by atoms with Gasteiger partial charge in [-0.1, -0.05) is 96.9 Å². The molecule has 12 nitrogen and oxygen atoms in total. The molecule has 0 spiro atoms. The van der Waals surface area contributed by atoms with Crippen molar-refractivity contribution in [3.05, 3.63) is 0 Å². The van der Waals surface area contributed by atoms with E-state index in [-0.39, 0.29) is 58.8 Å². The number of hydrogen-bond acceptors (Lipinski definition) is 10. The minimum atomic E-state index is -0.0206. The number of carbonyl (C=O) groups excluding carboxylic acids is 6. The fraction of sp³-hybridized carbons (Fsp3) is 0.891. The highest BCUT2D eigenvalue weighted by Gasteiger charge is 2.25. The van der Waals surface area contributed by atoms with Crippen LogP contribution in [0.3, 0.4) is 0 Å². The lowest BCUT2D eigenvalue weighted by atomic mass is 9.96. The number of hydrogen-bond donors (Lipinski definition) is 1. The van der Waals surface area contributed by atoms with E-state index in [1.54, 1.807) is 0 Å². The van der Waals surface area contributed by atoms with Crippen molar-refractivity contribution in [1.29, 1.82) is 0 Å².